The predicted molar refractivity (Wildman–Crippen MR) is 184 cm³/mol. The summed E-state index contributed by atoms with van der Waals surface area (Å²) in [7, 11) is -1.68. The van der Waals surface area contributed by atoms with E-state index < -0.39 is 27.0 Å². The average molecular weight is 672 g/mol. The van der Waals surface area contributed by atoms with Gasteiger partial charge < -0.3 is 33.4 Å². The summed E-state index contributed by atoms with van der Waals surface area (Å²) < 4.78 is 51.0. The van der Waals surface area contributed by atoms with E-state index in [1.165, 1.54) is 4.57 Å². The molecule has 2 aromatic heterocycles. The number of hydrogen-bond acceptors (Lipinski definition) is 8. The molecule has 47 heavy (non-hydrogen) atoms. The lowest BCUT2D eigenvalue weighted by molar-refractivity contribution is -0.0177. The highest BCUT2D eigenvalue weighted by atomic mass is 32.2. The van der Waals surface area contributed by atoms with Gasteiger partial charge >= 0.3 is 6.09 Å². The Hall–Kier alpha value is -3.77. The summed E-state index contributed by atoms with van der Waals surface area (Å²) in [6.45, 7) is 12.9. The fraction of sp³-hybridized carbons (Fsp3) is 0.543. The molecule has 258 valence electrons. The van der Waals surface area contributed by atoms with E-state index in [2.05, 4.69) is 4.98 Å². The molecule has 0 saturated carbocycles. The van der Waals surface area contributed by atoms with Crippen LogP contribution in [0.4, 0.5) is 4.79 Å². The van der Waals surface area contributed by atoms with Gasteiger partial charge in [0, 0.05) is 60.7 Å². The second kappa shape index (κ2) is 15.0. The summed E-state index contributed by atoms with van der Waals surface area (Å²) in [4.78, 5) is 29.5. The minimum atomic E-state index is -3.37. The maximum absolute atomic E-state index is 12.9. The third-order valence-electron chi connectivity index (χ3n) is 8.39. The van der Waals surface area contributed by atoms with Gasteiger partial charge in [0.05, 0.1) is 18.5 Å². The van der Waals surface area contributed by atoms with Crippen LogP contribution >= 0.6 is 0 Å². The first kappa shape index (κ1) is 36.1. The number of fused-ring (bicyclic) bond motifs is 1. The molecule has 1 aliphatic rings. The lowest BCUT2D eigenvalue weighted by Gasteiger charge is -2.33. The van der Waals surface area contributed by atoms with Crippen LogP contribution in [0.1, 0.15) is 59.9 Å². The highest BCUT2D eigenvalue weighted by molar-refractivity contribution is 7.91. The first-order valence-corrected chi connectivity index (χ1v) is 18.0. The van der Waals surface area contributed by atoms with Gasteiger partial charge in [-0.1, -0.05) is 32.1 Å². The van der Waals surface area contributed by atoms with Gasteiger partial charge in [-0.25, -0.2) is 13.2 Å². The second-order valence-corrected chi connectivity index (χ2v) is 15.8. The zero-order chi connectivity index (χ0) is 34.4. The molecule has 11 nitrogen and oxygen atoms in total. The van der Waals surface area contributed by atoms with Gasteiger partial charge in [-0.2, -0.15) is 0 Å². The van der Waals surface area contributed by atoms with E-state index in [-0.39, 0.29) is 29.3 Å². The van der Waals surface area contributed by atoms with E-state index in [0.29, 0.717) is 43.3 Å². The van der Waals surface area contributed by atoms with Gasteiger partial charge in [0.15, 0.2) is 9.84 Å². The molecule has 3 heterocycles. The minimum Gasteiger partial charge on any atom is -0.491 e. The van der Waals surface area contributed by atoms with Crippen LogP contribution in [0.5, 0.6) is 11.5 Å². The Morgan fingerprint density at radius 2 is 1.81 bits per heavy atom. The Labute approximate surface area is 277 Å². The Kier molecular flexibility index (Phi) is 11.5. The summed E-state index contributed by atoms with van der Waals surface area (Å²) >= 11 is 0. The molecule has 1 amide bonds. The molecule has 1 N–H and O–H groups in total. The molecule has 3 aromatic rings. The average Bonchev–Trinajstić information content (AvgIpc) is 3.51. The number of amides is 1. The summed E-state index contributed by atoms with van der Waals surface area (Å²) in [6.07, 6.45) is 7.89. The number of H-pyrrole nitrogens is 1. The SMILES string of the molecule is CCS(=O)(=O)CC(C)(/C=C/c1cn(C)c(=O)c2[nH]ccc12)[C@H](C)Oc1cccc(OCCOC2CCN(C(=O)OC(C)(C)C)CC2)c1. The van der Waals surface area contributed by atoms with Crippen LogP contribution in [0.3, 0.4) is 0 Å². The Morgan fingerprint density at radius 1 is 1.11 bits per heavy atom. The van der Waals surface area contributed by atoms with E-state index in [9.17, 15) is 18.0 Å². The zero-order valence-electron chi connectivity index (χ0n) is 28.6. The molecule has 1 unspecified atom stereocenters. The fourth-order valence-corrected chi connectivity index (χ4v) is 6.95. The van der Waals surface area contributed by atoms with Crippen LogP contribution in [-0.4, -0.2) is 84.6 Å². The number of likely N-dealkylation sites (tertiary alicyclic amines) is 1. The number of aryl methyl sites for hydroxylation is 1. The van der Waals surface area contributed by atoms with Crippen molar-refractivity contribution < 1.29 is 32.2 Å². The zero-order valence-corrected chi connectivity index (χ0v) is 29.4. The lowest BCUT2D eigenvalue weighted by Crippen LogP contribution is -2.43. The molecule has 1 saturated heterocycles. The third kappa shape index (κ3) is 9.87. The van der Waals surface area contributed by atoms with E-state index in [4.69, 9.17) is 18.9 Å². The molecular weight excluding hydrogens is 622 g/mol. The number of carbonyl (C=O) groups excluding carboxylic acids is 1. The molecule has 4 rings (SSSR count). The van der Waals surface area contributed by atoms with Crippen molar-refractivity contribution in [2.45, 2.75) is 72.2 Å². The number of carbonyl (C=O) groups is 1. The van der Waals surface area contributed by atoms with Crippen LogP contribution in [-0.2, 0) is 26.4 Å². The topological polar surface area (TPSA) is 129 Å². The van der Waals surface area contributed by atoms with Crippen LogP contribution in [0, 0.1) is 5.41 Å². The highest BCUT2D eigenvalue weighted by Gasteiger charge is 2.35. The minimum absolute atomic E-state index is 0.0132. The Bertz CT molecular complexity index is 1710. The number of nitrogens with one attached hydrogen (secondary N) is 1. The lowest BCUT2D eigenvalue weighted by atomic mass is 9.86. The van der Waals surface area contributed by atoms with Gasteiger partial charge in [0.2, 0.25) is 0 Å². The molecule has 2 atom stereocenters. The van der Waals surface area contributed by atoms with Gasteiger partial charge in [-0.3, -0.25) is 4.79 Å². The standard InChI is InChI=1S/C35H49N3O8S/c1-8-47(41,42)24-35(6,16-12-26-23-37(7)32(39)31-30(26)13-17-36-31)25(2)45-29-11-9-10-28(22-29)44-21-20-43-27-14-18-38(19-15-27)33(40)46-34(3,4)5/h9-13,16-17,22-23,25,27,36H,8,14-15,18-21,24H2,1-7H3/b16-12+/t25-,35?/m0/s1. The quantitative estimate of drug-likeness (QED) is 0.233. The number of piperidine rings is 1. The van der Waals surface area contributed by atoms with E-state index in [1.54, 1.807) is 37.3 Å². The summed E-state index contributed by atoms with van der Waals surface area (Å²) in [5, 5.41) is 0.763. The van der Waals surface area contributed by atoms with Crippen molar-refractivity contribution in [3.05, 3.63) is 64.7 Å². The molecule has 12 heteroatoms. The number of rotatable bonds is 13. The monoisotopic (exact) mass is 671 g/mol. The van der Waals surface area contributed by atoms with Crippen molar-refractivity contribution in [2.24, 2.45) is 12.5 Å². The van der Waals surface area contributed by atoms with Crippen LogP contribution in [0.25, 0.3) is 17.0 Å². The number of hydrogen-bond donors (Lipinski definition) is 1. The van der Waals surface area contributed by atoms with Gasteiger partial charge in [0.25, 0.3) is 5.56 Å². The van der Waals surface area contributed by atoms with Gasteiger partial charge in [-0.15, -0.1) is 0 Å². The van der Waals surface area contributed by atoms with Crippen LogP contribution < -0.4 is 15.0 Å². The second-order valence-electron chi connectivity index (χ2n) is 13.4. The smallest absolute Gasteiger partial charge is 0.410 e. The molecule has 1 fully saturated rings. The third-order valence-corrected chi connectivity index (χ3v) is 10.3. The first-order valence-electron chi connectivity index (χ1n) is 16.1. The van der Waals surface area contributed by atoms with Crippen molar-refractivity contribution in [3.8, 4) is 11.5 Å². The van der Waals surface area contributed by atoms with Crippen molar-refractivity contribution in [1.29, 1.82) is 0 Å². The molecule has 0 bridgehead atoms. The van der Waals surface area contributed by atoms with Crippen molar-refractivity contribution in [2.75, 3.05) is 37.8 Å². The summed E-state index contributed by atoms with van der Waals surface area (Å²) in [5.41, 5.74) is -0.259. The molecular formula is C35H49N3O8S. The Balaban J connectivity index is 1.36. The first-order chi connectivity index (χ1) is 22.1. The van der Waals surface area contributed by atoms with Crippen molar-refractivity contribution in [3.63, 3.8) is 0 Å². The van der Waals surface area contributed by atoms with Gasteiger partial charge in [-0.05, 0) is 58.7 Å². The summed E-state index contributed by atoms with van der Waals surface area (Å²) in [6, 6.07) is 9.09. The van der Waals surface area contributed by atoms with E-state index >= 15 is 0 Å². The number of nitrogens with zero attached hydrogens (tertiary/aromatic N) is 2. The highest BCUT2D eigenvalue weighted by Crippen LogP contribution is 2.32. The number of benzene rings is 1. The normalized spacial score (nSPS) is 16.7. The predicted octanol–water partition coefficient (Wildman–Crippen LogP) is 5.58. The van der Waals surface area contributed by atoms with Crippen molar-refractivity contribution in [1.82, 2.24) is 14.5 Å². The fourth-order valence-electron chi connectivity index (χ4n) is 5.47. The maximum Gasteiger partial charge on any atom is 0.410 e. The largest absolute Gasteiger partial charge is 0.491 e. The molecule has 0 aliphatic carbocycles. The van der Waals surface area contributed by atoms with Crippen molar-refractivity contribution >= 4 is 32.9 Å². The van der Waals surface area contributed by atoms with Crippen LogP contribution in [0.2, 0.25) is 0 Å². The van der Waals surface area contributed by atoms with E-state index in [0.717, 1.165) is 23.8 Å². The maximum atomic E-state index is 12.9. The van der Waals surface area contributed by atoms with Gasteiger partial charge in [0.1, 0.15) is 35.3 Å². The molecule has 1 aromatic carbocycles. The van der Waals surface area contributed by atoms with Crippen LogP contribution in [0.15, 0.2) is 53.6 Å². The molecule has 0 spiro atoms. The Morgan fingerprint density at radius 3 is 2.49 bits per heavy atom. The number of pyridine rings is 1. The summed E-state index contributed by atoms with van der Waals surface area (Å²) in [5.74, 6) is 1.06. The van der Waals surface area contributed by atoms with E-state index in [1.807, 2.05) is 71.0 Å². The number of aromatic amines is 1. The number of ether oxygens (including phenoxy) is 4. The molecule has 1 aliphatic heterocycles. The number of aromatic nitrogens is 2. The number of sulfone groups is 1. The molecule has 0 radical (unpaired) electrons.